The van der Waals surface area contributed by atoms with Gasteiger partial charge in [-0.25, -0.2) is 4.98 Å². The molecule has 0 bridgehead atoms. The Kier molecular flexibility index (Phi) is 6.92. The summed E-state index contributed by atoms with van der Waals surface area (Å²) >= 11 is 2.62. The Labute approximate surface area is 194 Å². The highest BCUT2D eigenvalue weighted by Crippen LogP contribution is 2.24. The predicted molar refractivity (Wildman–Crippen MR) is 131 cm³/mol. The molecule has 0 fully saturated rings. The molecule has 0 aliphatic heterocycles. The van der Waals surface area contributed by atoms with Gasteiger partial charge in [-0.15, -0.1) is 11.3 Å². The van der Waals surface area contributed by atoms with Gasteiger partial charge >= 0.3 is 0 Å². The van der Waals surface area contributed by atoms with Gasteiger partial charge in [-0.05, 0) is 41.6 Å². The number of ether oxygens (including phenoxy) is 1. The molecule has 0 unspecified atom stereocenters. The van der Waals surface area contributed by atoms with Crippen molar-refractivity contribution in [2.45, 2.75) is 25.0 Å². The van der Waals surface area contributed by atoms with E-state index in [-0.39, 0.29) is 17.2 Å². The van der Waals surface area contributed by atoms with Gasteiger partial charge in [0.1, 0.15) is 10.4 Å². The molecular formula is C24H23N3O3S2. The van der Waals surface area contributed by atoms with Crippen LogP contribution >= 0.6 is 23.1 Å². The minimum absolute atomic E-state index is 0.116. The molecule has 1 N–H and O–H groups in total. The zero-order chi connectivity index (χ0) is 22.5. The number of carbonyl (C=O) groups is 1. The van der Waals surface area contributed by atoms with E-state index in [1.807, 2.05) is 60.0 Å². The molecule has 6 nitrogen and oxygen atoms in total. The van der Waals surface area contributed by atoms with Crippen molar-refractivity contribution in [3.8, 4) is 5.75 Å². The fourth-order valence-corrected chi connectivity index (χ4v) is 4.95. The van der Waals surface area contributed by atoms with Gasteiger partial charge in [0.05, 0.1) is 24.9 Å². The van der Waals surface area contributed by atoms with E-state index in [1.165, 1.54) is 23.1 Å². The van der Waals surface area contributed by atoms with E-state index < -0.39 is 0 Å². The van der Waals surface area contributed by atoms with Crippen molar-refractivity contribution in [1.82, 2.24) is 9.55 Å². The Morgan fingerprint density at radius 1 is 1.19 bits per heavy atom. The van der Waals surface area contributed by atoms with E-state index >= 15 is 0 Å². The lowest BCUT2D eigenvalue weighted by molar-refractivity contribution is -0.113. The highest BCUT2D eigenvalue weighted by Gasteiger charge is 2.16. The average molecular weight is 466 g/mol. The quantitative estimate of drug-likeness (QED) is 0.299. The van der Waals surface area contributed by atoms with Crippen LogP contribution in [-0.2, 0) is 17.8 Å². The second-order valence-corrected chi connectivity index (χ2v) is 8.98. The number of para-hydroxylation sites is 1. The summed E-state index contributed by atoms with van der Waals surface area (Å²) in [4.78, 5) is 30.5. The number of nitrogens with zero attached hydrogens (tertiary/aromatic N) is 2. The first-order chi connectivity index (χ1) is 15.6. The molecule has 2 aromatic heterocycles. The van der Waals surface area contributed by atoms with Gasteiger partial charge in [0, 0.05) is 11.3 Å². The summed E-state index contributed by atoms with van der Waals surface area (Å²) in [5.41, 5.74) is 3.33. The molecule has 32 heavy (non-hydrogen) atoms. The number of nitrogens with one attached hydrogen (secondary N) is 1. The summed E-state index contributed by atoms with van der Waals surface area (Å²) in [7, 11) is 1.61. The number of rotatable bonds is 8. The molecule has 8 heteroatoms. The number of methoxy groups -OCH3 is 1. The highest BCUT2D eigenvalue weighted by atomic mass is 32.2. The van der Waals surface area contributed by atoms with E-state index in [4.69, 9.17) is 4.74 Å². The molecule has 0 spiro atoms. The zero-order valence-electron chi connectivity index (χ0n) is 17.8. The zero-order valence-corrected chi connectivity index (χ0v) is 19.5. The first-order valence-corrected chi connectivity index (χ1v) is 12.1. The van der Waals surface area contributed by atoms with Crippen LogP contribution in [0.2, 0.25) is 0 Å². The van der Waals surface area contributed by atoms with Crippen LogP contribution in [0.15, 0.2) is 69.9 Å². The first kappa shape index (κ1) is 22.1. The van der Waals surface area contributed by atoms with Crippen molar-refractivity contribution < 1.29 is 9.53 Å². The van der Waals surface area contributed by atoms with Gasteiger partial charge in [-0.2, -0.15) is 0 Å². The third-order valence-corrected chi connectivity index (χ3v) is 6.87. The monoisotopic (exact) mass is 465 g/mol. The fraction of sp³-hybridized carbons (Fsp3) is 0.208. The standard InChI is InChI=1S/C24H23N3O3S2/c1-3-16-7-6-9-18(13-16)25-21(28)15-32-24-26-19-11-12-31-22(19)23(29)27(24)14-17-8-4-5-10-20(17)30-2/h4-13H,3,14-15H2,1-2H3,(H,25,28). The molecule has 0 saturated heterocycles. The largest absolute Gasteiger partial charge is 0.496 e. The van der Waals surface area contributed by atoms with Crippen LogP contribution in [-0.4, -0.2) is 28.3 Å². The van der Waals surface area contributed by atoms with Gasteiger partial charge in [-0.3, -0.25) is 14.2 Å². The molecule has 0 aliphatic rings. The van der Waals surface area contributed by atoms with Crippen LogP contribution in [0.25, 0.3) is 10.2 Å². The number of aromatic nitrogens is 2. The highest BCUT2D eigenvalue weighted by molar-refractivity contribution is 7.99. The Morgan fingerprint density at radius 3 is 2.84 bits per heavy atom. The normalized spacial score (nSPS) is 10.9. The summed E-state index contributed by atoms with van der Waals surface area (Å²) in [6.07, 6.45) is 0.901. The fourth-order valence-electron chi connectivity index (χ4n) is 3.37. The lowest BCUT2D eigenvalue weighted by Gasteiger charge is -2.14. The minimum atomic E-state index is -0.147. The molecule has 0 saturated carbocycles. The van der Waals surface area contributed by atoms with Crippen LogP contribution < -0.4 is 15.6 Å². The van der Waals surface area contributed by atoms with E-state index in [1.54, 1.807) is 11.7 Å². The van der Waals surface area contributed by atoms with Crippen molar-refractivity contribution in [1.29, 1.82) is 0 Å². The number of aryl methyl sites for hydroxylation is 1. The lowest BCUT2D eigenvalue weighted by atomic mass is 10.1. The molecule has 1 amide bonds. The maximum atomic E-state index is 13.2. The van der Waals surface area contributed by atoms with Gasteiger partial charge in [0.15, 0.2) is 5.16 Å². The van der Waals surface area contributed by atoms with E-state index in [0.29, 0.717) is 27.7 Å². The summed E-state index contributed by atoms with van der Waals surface area (Å²) in [5, 5.41) is 5.29. The van der Waals surface area contributed by atoms with E-state index in [2.05, 4.69) is 17.2 Å². The number of hydrogen-bond acceptors (Lipinski definition) is 6. The Morgan fingerprint density at radius 2 is 2.03 bits per heavy atom. The molecule has 4 rings (SSSR count). The van der Waals surface area contributed by atoms with Crippen LogP contribution in [0, 0.1) is 0 Å². The lowest BCUT2D eigenvalue weighted by Crippen LogP contribution is -2.24. The number of thiophene rings is 1. The molecule has 164 valence electrons. The van der Waals surface area contributed by atoms with E-state index in [0.717, 1.165) is 23.2 Å². The van der Waals surface area contributed by atoms with Gasteiger partial charge in [0.2, 0.25) is 5.91 Å². The van der Waals surface area contributed by atoms with E-state index in [9.17, 15) is 9.59 Å². The Bertz CT molecular complexity index is 1310. The number of benzene rings is 2. The molecule has 0 aliphatic carbocycles. The molecular weight excluding hydrogens is 442 g/mol. The summed E-state index contributed by atoms with van der Waals surface area (Å²) in [5.74, 6) is 0.701. The third-order valence-electron chi connectivity index (χ3n) is 5.00. The number of hydrogen-bond donors (Lipinski definition) is 1. The van der Waals surface area contributed by atoms with Crippen molar-refractivity contribution in [3.05, 3.63) is 81.5 Å². The molecule has 2 aromatic carbocycles. The van der Waals surface area contributed by atoms with Gasteiger partial charge in [0.25, 0.3) is 5.56 Å². The van der Waals surface area contributed by atoms with Crippen LogP contribution in [0.5, 0.6) is 5.75 Å². The van der Waals surface area contributed by atoms with Crippen LogP contribution in [0.3, 0.4) is 0 Å². The van der Waals surface area contributed by atoms with Gasteiger partial charge < -0.3 is 10.1 Å². The topological polar surface area (TPSA) is 73.2 Å². The summed E-state index contributed by atoms with van der Waals surface area (Å²) < 4.78 is 7.67. The number of anilines is 1. The summed E-state index contributed by atoms with van der Waals surface area (Å²) in [6, 6.07) is 17.2. The molecule has 2 heterocycles. The number of fused-ring (bicyclic) bond motifs is 1. The maximum Gasteiger partial charge on any atom is 0.272 e. The second kappa shape index (κ2) is 10.0. The number of amides is 1. The number of thioether (sulfide) groups is 1. The Balaban J connectivity index is 1.59. The Hall–Kier alpha value is -3.10. The maximum absolute atomic E-state index is 13.2. The molecule has 0 atom stereocenters. The van der Waals surface area contributed by atoms with Crippen molar-refractivity contribution >= 4 is 44.9 Å². The van der Waals surface area contributed by atoms with Crippen LogP contribution in [0.1, 0.15) is 18.1 Å². The van der Waals surface area contributed by atoms with Crippen molar-refractivity contribution in [2.75, 3.05) is 18.2 Å². The molecule has 4 aromatic rings. The minimum Gasteiger partial charge on any atom is -0.496 e. The third kappa shape index (κ3) is 4.87. The summed E-state index contributed by atoms with van der Waals surface area (Å²) in [6.45, 7) is 2.39. The van der Waals surface area contributed by atoms with Crippen molar-refractivity contribution in [2.24, 2.45) is 0 Å². The average Bonchev–Trinajstić information content (AvgIpc) is 3.29. The predicted octanol–water partition coefficient (Wildman–Crippen LogP) is 4.81. The first-order valence-electron chi connectivity index (χ1n) is 10.2. The number of carbonyl (C=O) groups excluding carboxylic acids is 1. The molecule has 0 radical (unpaired) electrons. The van der Waals surface area contributed by atoms with Gasteiger partial charge in [-0.1, -0.05) is 49.0 Å². The SMILES string of the molecule is CCc1cccc(NC(=O)CSc2nc3ccsc3c(=O)n2Cc2ccccc2OC)c1. The van der Waals surface area contributed by atoms with Crippen LogP contribution in [0.4, 0.5) is 5.69 Å². The van der Waals surface area contributed by atoms with Crippen molar-refractivity contribution in [3.63, 3.8) is 0 Å². The second-order valence-electron chi connectivity index (χ2n) is 7.12. The smallest absolute Gasteiger partial charge is 0.272 e.